The van der Waals surface area contributed by atoms with E-state index in [0.717, 1.165) is 41.5 Å². The Kier molecular flexibility index (Phi) is 5.94. The maximum atomic E-state index is 5.81. The van der Waals surface area contributed by atoms with E-state index in [0.29, 0.717) is 6.04 Å². The molecule has 0 saturated carbocycles. The third-order valence-electron chi connectivity index (χ3n) is 4.29. The van der Waals surface area contributed by atoms with Gasteiger partial charge in [-0.15, -0.1) is 0 Å². The molecule has 2 rings (SSSR count). The van der Waals surface area contributed by atoms with Crippen molar-refractivity contribution >= 4 is 0 Å². The molecule has 0 aliphatic rings. The lowest BCUT2D eigenvalue weighted by molar-refractivity contribution is 0.319. The number of ether oxygens (including phenoxy) is 2. The normalized spacial score (nSPS) is 12.9. The number of furan rings is 1. The highest BCUT2D eigenvalue weighted by Crippen LogP contribution is 2.30. The zero-order valence-electron chi connectivity index (χ0n) is 15.6. The number of methoxy groups -OCH3 is 2. The number of benzene rings is 1. The van der Waals surface area contributed by atoms with Crippen LogP contribution in [0.4, 0.5) is 0 Å². The Bertz CT molecular complexity index is 638. The Hall–Kier alpha value is -1.94. The van der Waals surface area contributed by atoms with E-state index in [1.165, 1.54) is 0 Å². The van der Waals surface area contributed by atoms with Crippen molar-refractivity contribution in [3.05, 3.63) is 47.4 Å². The lowest BCUT2D eigenvalue weighted by atomic mass is 9.83. The molecule has 1 heterocycles. The molecule has 0 saturated heterocycles. The Morgan fingerprint density at radius 2 is 1.71 bits per heavy atom. The fraction of sp³-hybridized carbons (Fsp3) is 0.500. The second kappa shape index (κ2) is 7.75. The van der Waals surface area contributed by atoms with Gasteiger partial charge in [0.2, 0.25) is 0 Å². The van der Waals surface area contributed by atoms with Crippen molar-refractivity contribution in [2.75, 3.05) is 14.2 Å². The molecule has 0 radical (unpaired) electrons. The van der Waals surface area contributed by atoms with E-state index in [4.69, 9.17) is 13.9 Å². The van der Waals surface area contributed by atoms with Crippen LogP contribution >= 0.6 is 0 Å². The van der Waals surface area contributed by atoms with Crippen molar-refractivity contribution < 1.29 is 13.9 Å². The van der Waals surface area contributed by atoms with Crippen LogP contribution in [0.15, 0.2) is 34.7 Å². The quantitative estimate of drug-likeness (QED) is 0.776. The summed E-state index contributed by atoms with van der Waals surface area (Å²) in [5.41, 5.74) is 1.14. The lowest BCUT2D eigenvalue weighted by Crippen LogP contribution is -2.32. The fourth-order valence-corrected chi connectivity index (χ4v) is 3.00. The summed E-state index contributed by atoms with van der Waals surface area (Å²) < 4.78 is 16.5. The van der Waals surface area contributed by atoms with Crippen LogP contribution in [0.3, 0.4) is 0 Å². The predicted molar refractivity (Wildman–Crippen MR) is 96.9 cm³/mol. The van der Waals surface area contributed by atoms with E-state index >= 15 is 0 Å². The highest BCUT2D eigenvalue weighted by molar-refractivity contribution is 5.38. The van der Waals surface area contributed by atoms with Crippen molar-refractivity contribution in [3.63, 3.8) is 0 Å². The number of nitrogens with one attached hydrogen (secondary N) is 1. The van der Waals surface area contributed by atoms with Crippen LogP contribution in [0.1, 0.15) is 44.3 Å². The molecule has 4 heteroatoms. The molecule has 2 aromatic rings. The van der Waals surface area contributed by atoms with Gasteiger partial charge in [0.1, 0.15) is 23.0 Å². The molecule has 0 aliphatic heterocycles. The fourth-order valence-electron chi connectivity index (χ4n) is 3.00. The predicted octanol–water partition coefficient (Wildman–Crippen LogP) is 4.45. The largest absolute Gasteiger partial charge is 0.497 e. The van der Waals surface area contributed by atoms with Crippen LogP contribution in [0.5, 0.6) is 11.5 Å². The van der Waals surface area contributed by atoms with E-state index in [9.17, 15) is 0 Å². The number of hydrogen-bond acceptors (Lipinski definition) is 4. The summed E-state index contributed by atoms with van der Waals surface area (Å²) in [5, 5.41) is 3.58. The summed E-state index contributed by atoms with van der Waals surface area (Å²) in [6.45, 7) is 9.39. The van der Waals surface area contributed by atoms with Crippen molar-refractivity contribution in [3.8, 4) is 11.5 Å². The zero-order chi connectivity index (χ0) is 17.7. The van der Waals surface area contributed by atoms with Gasteiger partial charge in [-0.05, 0) is 50.1 Å². The van der Waals surface area contributed by atoms with Gasteiger partial charge in [-0.1, -0.05) is 13.8 Å². The van der Waals surface area contributed by atoms with E-state index in [1.54, 1.807) is 14.2 Å². The summed E-state index contributed by atoms with van der Waals surface area (Å²) in [6, 6.07) is 10.4. The lowest BCUT2D eigenvalue weighted by Gasteiger charge is -2.27. The topological polar surface area (TPSA) is 43.6 Å². The van der Waals surface area contributed by atoms with E-state index in [1.807, 2.05) is 31.2 Å². The molecule has 0 amide bonds. The molecule has 0 fully saturated rings. The summed E-state index contributed by atoms with van der Waals surface area (Å²) in [7, 11) is 3.34. The maximum absolute atomic E-state index is 5.81. The molecule has 0 aliphatic carbocycles. The van der Waals surface area contributed by atoms with Gasteiger partial charge in [-0.3, -0.25) is 0 Å². The van der Waals surface area contributed by atoms with Gasteiger partial charge in [-0.25, -0.2) is 0 Å². The van der Waals surface area contributed by atoms with E-state index < -0.39 is 0 Å². The standard InChI is InChI=1S/C20H29NO3/c1-14(12-20(3,4)19-8-7-15(2)24-19)21-13-16-9-17(22-5)11-18(10-16)23-6/h7-11,14,21H,12-13H2,1-6H3/t14-/m0/s1. The molecule has 132 valence electrons. The second-order valence-corrected chi connectivity index (χ2v) is 7.00. The van der Waals surface area contributed by atoms with Crippen molar-refractivity contribution in [1.82, 2.24) is 5.32 Å². The molecule has 4 nitrogen and oxygen atoms in total. The molecule has 24 heavy (non-hydrogen) atoms. The van der Waals surface area contributed by atoms with Gasteiger partial charge in [0.25, 0.3) is 0 Å². The monoisotopic (exact) mass is 331 g/mol. The first-order chi connectivity index (χ1) is 11.3. The minimum absolute atomic E-state index is 0.00720. The molecule has 0 unspecified atom stereocenters. The molecular formula is C20H29NO3. The van der Waals surface area contributed by atoms with Gasteiger partial charge in [0.05, 0.1) is 14.2 Å². The number of aryl methyl sites for hydroxylation is 1. The van der Waals surface area contributed by atoms with Gasteiger partial charge < -0.3 is 19.2 Å². The minimum atomic E-state index is -0.00720. The van der Waals surface area contributed by atoms with E-state index in [2.05, 4.69) is 32.2 Å². The average molecular weight is 331 g/mol. The van der Waals surface area contributed by atoms with Crippen molar-refractivity contribution in [1.29, 1.82) is 0 Å². The summed E-state index contributed by atoms with van der Waals surface area (Å²) in [6.07, 6.45) is 0.987. The highest BCUT2D eigenvalue weighted by Gasteiger charge is 2.26. The molecule has 1 aromatic heterocycles. The Balaban J connectivity index is 1.96. The molecule has 0 bridgehead atoms. The van der Waals surface area contributed by atoms with E-state index in [-0.39, 0.29) is 5.41 Å². The molecule has 1 N–H and O–H groups in total. The first-order valence-corrected chi connectivity index (χ1v) is 8.36. The third-order valence-corrected chi connectivity index (χ3v) is 4.29. The van der Waals surface area contributed by atoms with Crippen LogP contribution < -0.4 is 14.8 Å². The summed E-state index contributed by atoms with van der Waals surface area (Å²) >= 11 is 0. The zero-order valence-corrected chi connectivity index (χ0v) is 15.6. The molecular weight excluding hydrogens is 302 g/mol. The number of rotatable bonds is 8. The van der Waals surface area contributed by atoms with Crippen LogP contribution in [0.25, 0.3) is 0 Å². The van der Waals surface area contributed by atoms with Gasteiger partial charge in [-0.2, -0.15) is 0 Å². The third kappa shape index (κ3) is 4.78. The van der Waals surface area contributed by atoms with Gasteiger partial charge >= 0.3 is 0 Å². The smallest absolute Gasteiger partial charge is 0.122 e. The SMILES string of the molecule is COc1cc(CN[C@@H](C)CC(C)(C)c2ccc(C)o2)cc(OC)c1. The van der Waals surface area contributed by atoms with Crippen LogP contribution in [0, 0.1) is 6.92 Å². The maximum Gasteiger partial charge on any atom is 0.122 e. The highest BCUT2D eigenvalue weighted by atomic mass is 16.5. The minimum Gasteiger partial charge on any atom is -0.497 e. The molecule has 1 aromatic carbocycles. The van der Waals surface area contributed by atoms with Crippen LogP contribution in [-0.4, -0.2) is 20.3 Å². The van der Waals surface area contributed by atoms with Crippen LogP contribution in [0.2, 0.25) is 0 Å². The molecule has 1 atom stereocenters. The summed E-state index contributed by atoms with van der Waals surface area (Å²) in [4.78, 5) is 0. The van der Waals surface area contributed by atoms with Crippen molar-refractivity contribution in [2.45, 2.75) is 52.1 Å². The average Bonchev–Trinajstić information content (AvgIpc) is 2.99. The van der Waals surface area contributed by atoms with Gasteiger partial charge in [0.15, 0.2) is 0 Å². The Labute approximate surface area is 145 Å². The van der Waals surface area contributed by atoms with Gasteiger partial charge in [0, 0.05) is 24.1 Å². The Morgan fingerprint density at radius 3 is 2.21 bits per heavy atom. The number of hydrogen-bond donors (Lipinski definition) is 1. The van der Waals surface area contributed by atoms with Crippen molar-refractivity contribution in [2.24, 2.45) is 0 Å². The molecule has 0 spiro atoms. The first-order valence-electron chi connectivity index (χ1n) is 8.36. The summed E-state index contributed by atoms with van der Waals surface area (Å²) in [5.74, 6) is 3.62. The second-order valence-electron chi connectivity index (χ2n) is 7.00. The van der Waals surface area contributed by atoms with Crippen LogP contribution in [-0.2, 0) is 12.0 Å². The first kappa shape index (κ1) is 18.4. The Morgan fingerprint density at radius 1 is 1.08 bits per heavy atom.